The van der Waals surface area contributed by atoms with Crippen molar-refractivity contribution >= 4 is 34.4 Å². The molecule has 1 saturated heterocycles. The fourth-order valence-corrected chi connectivity index (χ4v) is 5.02. The number of likely N-dealkylation sites (tertiary alicyclic amines) is 1. The second-order valence-corrected chi connectivity index (χ2v) is 9.12. The van der Waals surface area contributed by atoms with Gasteiger partial charge >= 0.3 is 0 Å². The highest BCUT2D eigenvalue weighted by molar-refractivity contribution is 6.35. The zero-order valence-electron chi connectivity index (χ0n) is 19.9. The highest BCUT2D eigenvalue weighted by atomic mass is 35.5. The standard InChI is InChI=1S/C26H25ClN6O3/c1-32-26(36-2)18(14-30-32)24(34)31-21-8-11-33(15-19(21)16-6-4-3-5-7-16)25(35)17-12-20(27)23-22(13-17)28-9-10-29-23/h3-7,9-10,12-14,19,21H,8,11,15H2,1-2H3,(H,31,34)/t19-,21-/m1/s1. The van der Waals surface area contributed by atoms with Gasteiger partial charge in [0.05, 0.1) is 23.8 Å². The van der Waals surface area contributed by atoms with Crippen LogP contribution in [0.5, 0.6) is 5.88 Å². The van der Waals surface area contributed by atoms with Crippen molar-refractivity contribution in [3.05, 3.63) is 82.8 Å². The molecule has 2 amide bonds. The molecular formula is C26H25ClN6O3. The smallest absolute Gasteiger partial charge is 0.258 e. The predicted molar refractivity (Wildman–Crippen MR) is 135 cm³/mol. The number of methoxy groups -OCH3 is 1. The molecule has 2 aromatic heterocycles. The molecule has 5 rings (SSSR count). The molecular weight excluding hydrogens is 480 g/mol. The summed E-state index contributed by atoms with van der Waals surface area (Å²) < 4.78 is 6.86. The van der Waals surface area contributed by atoms with E-state index in [4.69, 9.17) is 16.3 Å². The van der Waals surface area contributed by atoms with Crippen LogP contribution in [0.4, 0.5) is 0 Å². The van der Waals surface area contributed by atoms with Gasteiger partial charge in [-0.05, 0) is 24.1 Å². The third-order valence-corrected chi connectivity index (χ3v) is 6.83. The van der Waals surface area contributed by atoms with Crippen LogP contribution in [0.2, 0.25) is 5.02 Å². The molecule has 0 bridgehead atoms. The fraction of sp³-hybridized carbons (Fsp3) is 0.269. The Morgan fingerprint density at radius 3 is 2.69 bits per heavy atom. The summed E-state index contributed by atoms with van der Waals surface area (Å²) in [6, 6.07) is 13.1. The predicted octanol–water partition coefficient (Wildman–Crippen LogP) is 3.45. The summed E-state index contributed by atoms with van der Waals surface area (Å²) in [6.07, 6.45) is 5.22. The second-order valence-electron chi connectivity index (χ2n) is 8.71. The first kappa shape index (κ1) is 23.7. The lowest BCUT2D eigenvalue weighted by atomic mass is 9.85. The summed E-state index contributed by atoms with van der Waals surface area (Å²) in [6.45, 7) is 0.918. The lowest BCUT2D eigenvalue weighted by Gasteiger charge is -2.39. The fourth-order valence-electron chi connectivity index (χ4n) is 4.76. The highest BCUT2D eigenvalue weighted by Gasteiger charge is 2.35. The maximum atomic E-state index is 13.5. The van der Waals surface area contributed by atoms with Crippen molar-refractivity contribution in [1.29, 1.82) is 0 Å². The number of nitrogens with one attached hydrogen (secondary N) is 1. The van der Waals surface area contributed by atoms with E-state index < -0.39 is 0 Å². The van der Waals surface area contributed by atoms with Crippen LogP contribution in [0.15, 0.2) is 61.1 Å². The topological polar surface area (TPSA) is 102 Å². The van der Waals surface area contributed by atoms with Crippen molar-refractivity contribution in [2.75, 3.05) is 20.2 Å². The Morgan fingerprint density at radius 2 is 1.92 bits per heavy atom. The minimum Gasteiger partial charge on any atom is -0.481 e. The number of piperidine rings is 1. The lowest BCUT2D eigenvalue weighted by molar-refractivity contribution is 0.0671. The van der Waals surface area contributed by atoms with Crippen molar-refractivity contribution < 1.29 is 14.3 Å². The van der Waals surface area contributed by atoms with E-state index in [0.717, 1.165) is 5.56 Å². The minimum atomic E-state index is -0.259. The summed E-state index contributed by atoms with van der Waals surface area (Å²) in [5.74, 6) is -0.103. The normalized spacial score (nSPS) is 17.7. The first-order valence-corrected chi connectivity index (χ1v) is 12.0. The van der Waals surface area contributed by atoms with E-state index in [9.17, 15) is 9.59 Å². The number of benzene rings is 2. The number of aromatic nitrogens is 4. The number of amides is 2. The molecule has 3 heterocycles. The number of aryl methyl sites for hydroxylation is 1. The minimum absolute atomic E-state index is 0.105. The molecule has 0 unspecified atom stereocenters. The van der Waals surface area contributed by atoms with Gasteiger partial charge in [-0.25, -0.2) is 4.68 Å². The Kier molecular flexibility index (Phi) is 6.56. The number of ether oxygens (including phenoxy) is 1. The van der Waals surface area contributed by atoms with Crippen LogP contribution in [-0.4, -0.2) is 62.7 Å². The third kappa shape index (κ3) is 4.49. The summed E-state index contributed by atoms with van der Waals surface area (Å²) >= 11 is 6.40. The molecule has 1 fully saturated rings. The van der Waals surface area contributed by atoms with E-state index in [-0.39, 0.29) is 23.8 Å². The molecule has 1 N–H and O–H groups in total. The monoisotopic (exact) mass is 504 g/mol. The van der Waals surface area contributed by atoms with E-state index in [2.05, 4.69) is 20.4 Å². The first-order chi connectivity index (χ1) is 17.5. The number of nitrogens with zero attached hydrogens (tertiary/aromatic N) is 5. The molecule has 2 aromatic carbocycles. The number of hydrogen-bond donors (Lipinski definition) is 1. The largest absolute Gasteiger partial charge is 0.481 e. The number of fused-ring (bicyclic) bond motifs is 1. The van der Waals surface area contributed by atoms with Crippen molar-refractivity contribution in [1.82, 2.24) is 30.0 Å². The number of halogens is 1. The number of carbonyl (C=O) groups excluding carboxylic acids is 2. The molecule has 4 aromatic rings. The van der Waals surface area contributed by atoms with Crippen LogP contribution in [-0.2, 0) is 7.05 Å². The number of rotatable bonds is 5. The van der Waals surface area contributed by atoms with Gasteiger partial charge in [0.25, 0.3) is 11.8 Å². The maximum absolute atomic E-state index is 13.5. The van der Waals surface area contributed by atoms with Gasteiger partial charge in [-0.2, -0.15) is 5.10 Å². The first-order valence-electron chi connectivity index (χ1n) is 11.6. The van der Waals surface area contributed by atoms with Crippen LogP contribution in [0.3, 0.4) is 0 Å². The van der Waals surface area contributed by atoms with E-state index in [1.807, 2.05) is 30.3 Å². The second kappa shape index (κ2) is 9.94. The molecule has 184 valence electrons. The van der Waals surface area contributed by atoms with Gasteiger partial charge in [-0.3, -0.25) is 19.6 Å². The Morgan fingerprint density at radius 1 is 1.14 bits per heavy atom. The molecule has 1 aliphatic heterocycles. The average Bonchev–Trinajstić information content (AvgIpc) is 3.29. The van der Waals surface area contributed by atoms with E-state index >= 15 is 0 Å². The zero-order chi connectivity index (χ0) is 25.2. The average molecular weight is 505 g/mol. The van der Waals surface area contributed by atoms with E-state index in [0.29, 0.717) is 52.6 Å². The molecule has 0 aliphatic carbocycles. The van der Waals surface area contributed by atoms with Crippen molar-refractivity contribution in [2.45, 2.75) is 18.4 Å². The van der Waals surface area contributed by atoms with Gasteiger partial charge < -0.3 is 15.0 Å². The molecule has 0 radical (unpaired) electrons. The summed E-state index contributed by atoms with van der Waals surface area (Å²) in [5.41, 5.74) is 3.01. The molecule has 1 aliphatic rings. The molecule has 2 atom stereocenters. The van der Waals surface area contributed by atoms with Crippen LogP contribution in [0.1, 0.15) is 38.6 Å². The van der Waals surface area contributed by atoms with E-state index in [1.54, 1.807) is 36.5 Å². The zero-order valence-corrected chi connectivity index (χ0v) is 20.6. The summed E-state index contributed by atoms with van der Waals surface area (Å²) in [7, 11) is 3.23. The SMILES string of the molecule is COc1c(C(=O)N[C@@H]2CCN(C(=O)c3cc(Cl)c4nccnc4c3)C[C@@H]2c2ccccc2)cnn1C. The molecule has 10 heteroatoms. The van der Waals surface area contributed by atoms with Crippen LogP contribution >= 0.6 is 11.6 Å². The van der Waals surface area contributed by atoms with Gasteiger partial charge in [-0.1, -0.05) is 41.9 Å². The molecule has 36 heavy (non-hydrogen) atoms. The van der Waals surface area contributed by atoms with Crippen LogP contribution in [0.25, 0.3) is 11.0 Å². The Hall–Kier alpha value is -3.98. The van der Waals surface area contributed by atoms with Crippen molar-refractivity contribution in [2.24, 2.45) is 7.05 Å². The van der Waals surface area contributed by atoms with Gasteiger partial charge in [-0.15, -0.1) is 0 Å². The Labute approximate surface area is 213 Å². The van der Waals surface area contributed by atoms with Gasteiger partial charge in [0.15, 0.2) is 0 Å². The quantitative estimate of drug-likeness (QED) is 0.446. The van der Waals surface area contributed by atoms with Crippen LogP contribution < -0.4 is 10.1 Å². The summed E-state index contributed by atoms with van der Waals surface area (Å²) in [5, 5.41) is 7.67. The molecule has 0 spiro atoms. The third-order valence-electron chi connectivity index (χ3n) is 6.54. The van der Waals surface area contributed by atoms with Crippen molar-refractivity contribution in [3.8, 4) is 5.88 Å². The van der Waals surface area contributed by atoms with Crippen LogP contribution in [0, 0.1) is 0 Å². The Bertz CT molecular complexity index is 1420. The van der Waals surface area contributed by atoms with E-state index in [1.165, 1.54) is 18.0 Å². The maximum Gasteiger partial charge on any atom is 0.258 e. The molecule has 0 saturated carbocycles. The number of carbonyl (C=O) groups is 2. The lowest BCUT2D eigenvalue weighted by Crippen LogP contribution is -2.51. The highest BCUT2D eigenvalue weighted by Crippen LogP contribution is 2.30. The van der Waals surface area contributed by atoms with Gasteiger partial charge in [0, 0.05) is 50.1 Å². The number of hydrogen-bond acceptors (Lipinski definition) is 6. The van der Waals surface area contributed by atoms with Gasteiger partial charge in [0.2, 0.25) is 5.88 Å². The van der Waals surface area contributed by atoms with Crippen molar-refractivity contribution in [3.63, 3.8) is 0 Å². The summed E-state index contributed by atoms with van der Waals surface area (Å²) in [4.78, 5) is 37.0. The Balaban J connectivity index is 1.40. The molecule has 9 nitrogen and oxygen atoms in total. The van der Waals surface area contributed by atoms with Gasteiger partial charge in [0.1, 0.15) is 11.1 Å².